The van der Waals surface area contributed by atoms with Crippen molar-refractivity contribution >= 4 is 9.84 Å². The van der Waals surface area contributed by atoms with Gasteiger partial charge in [0.25, 0.3) is 0 Å². The van der Waals surface area contributed by atoms with Crippen molar-refractivity contribution in [1.29, 1.82) is 0 Å². The maximum atomic E-state index is 12.2. The lowest BCUT2D eigenvalue weighted by atomic mass is 10.0. The molecule has 1 atom stereocenters. The summed E-state index contributed by atoms with van der Waals surface area (Å²) in [5.41, 5.74) is 1.84. The monoisotopic (exact) mass is 285 g/mol. The summed E-state index contributed by atoms with van der Waals surface area (Å²) < 4.78 is 24.5. The van der Waals surface area contributed by atoms with E-state index in [1.807, 2.05) is 6.92 Å². The van der Waals surface area contributed by atoms with Gasteiger partial charge in [-0.25, -0.2) is 13.4 Å². The van der Waals surface area contributed by atoms with E-state index in [1.165, 1.54) is 0 Å². The Bertz CT molecular complexity index is 542. The fourth-order valence-corrected chi connectivity index (χ4v) is 4.09. The van der Waals surface area contributed by atoms with Crippen LogP contribution >= 0.6 is 0 Å². The molecule has 1 N–H and O–H groups in total. The van der Waals surface area contributed by atoms with E-state index in [-0.39, 0.29) is 16.5 Å². The summed E-state index contributed by atoms with van der Waals surface area (Å²) in [5, 5.41) is -0.345. The molecule has 1 aliphatic heterocycles. The van der Waals surface area contributed by atoms with Crippen LogP contribution in [0.15, 0.2) is 6.33 Å². The van der Waals surface area contributed by atoms with Gasteiger partial charge in [-0.3, -0.25) is 4.90 Å². The second-order valence-electron chi connectivity index (χ2n) is 6.28. The van der Waals surface area contributed by atoms with Gasteiger partial charge in [-0.05, 0) is 27.7 Å². The van der Waals surface area contributed by atoms with Crippen LogP contribution in [0.5, 0.6) is 0 Å². The number of imidazole rings is 1. The molecule has 19 heavy (non-hydrogen) atoms. The molecular weight excluding hydrogens is 262 g/mol. The van der Waals surface area contributed by atoms with Gasteiger partial charge in [-0.2, -0.15) is 0 Å². The lowest BCUT2D eigenvalue weighted by molar-refractivity contribution is 0.138. The van der Waals surface area contributed by atoms with E-state index in [9.17, 15) is 8.42 Å². The van der Waals surface area contributed by atoms with E-state index in [2.05, 4.69) is 35.6 Å². The maximum Gasteiger partial charge on any atom is 0.156 e. The molecule has 0 saturated carbocycles. The van der Waals surface area contributed by atoms with Gasteiger partial charge >= 0.3 is 0 Å². The number of aromatic amines is 1. The van der Waals surface area contributed by atoms with Gasteiger partial charge in [0, 0.05) is 30.7 Å². The third-order valence-electron chi connectivity index (χ3n) is 3.88. The zero-order valence-corrected chi connectivity index (χ0v) is 12.9. The van der Waals surface area contributed by atoms with Crippen molar-refractivity contribution in [2.75, 3.05) is 18.8 Å². The van der Waals surface area contributed by atoms with Crippen LogP contribution in [0.25, 0.3) is 0 Å². The highest BCUT2D eigenvalue weighted by Gasteiger charge is 2.37. The van der Waals surface area contributed by atoms with Crippen LogP contribution in [0.1, 0.15) is 32.2 Å². The summed E-state index contributed by atoms with van der Waals surface area (Å²) in [6.45, 7) is 9.53. The van der Waals surface area contributed by atoms with Crippen LogP contribution in [0.3, 0.4) is 0 Å². The van der Waals surface area contributed by atoms with Crippen LogP contribution in [0, 0.1) is 6.92 Å². The van der Waals surface area contributed by atoms with Gasteiger partial charge in [-0.15, -0.1) is 0 Å². The number of hydrogen-bond donors (Lipinski definition) is 1. The topological polar surface area (TPSA) is 66.1 Å². The largest absolute Gasteiger partial charge is 0.348 e. The molecule has 108 valence electrons. The smallest absolute Gasteiger partial charge is 0.156 e. The lowest BCUT2D eigenvalue weighted by Gasteiger charge is -2.41. The van der Waals surface area contributed by atoms with Crippen molar-refractivity contribution in [2.45, 2.75) is 44.9 Å². The van der Waals surface area contributed by atoms with Crippen LogP contribution in [-0.2, 0) is 16.3 Å². The van der Waals surface area contributed by atoms with Gasteiger partial charge in [0.15, 0.2) is 9.84 Å². The first kappa shape index (κ1) is 14.5. The van der Waals surface area contributed by atoms with E-state index in [0.29, 0.717) is 19.5 Å². The lowest BCUT2D eigenvalue weighted by Crippen LogP contribution is -2.54. The molecule has 6 heteroatoms. The molecule has 0 amide bonds. The molecule has 0 radical (unpaired) electrons. The molecule has 1 aromatic rings. The summed E-state index contributed by atoms with van der Waals surface area (Å²) >= 11 is 0. The van der Waals surface area contributed by atoms with Crippen molar-refractivity contribution in [3.05, 3.63) is 17.7 Å². The van der Waals surface area contributed by atoms with E-state index in [4.69, 9.17) is 0 Å². The molecule has 5 nitrogen and oxygen atoms in total. The Hall–Kier alpha value is -0.880. The summed E-state index contributed by atoms with van der Waals surface area (Å²) in [4.78, 5) is 9.48. The Labute approximate surface area is 115 Å². The van der Waals surface area contributed by atoms with E-state index < -0.39 is 9.84 Å². The second-order valence-corrected chi connectivity index (χ2v) is 8.68. The molecule has 1 unspecified atom stereocenters. The third-order valence-corrected chi connectivity index (χ3v) is 5.96. The molecule has 2 heterocycles. The highest BCUT2D eigenvalue weighted by atomic mass is 32.2. The zero-order valence-electron chi connectivity index (χ0n) is 12.1. The third kappa shape index (κ3) is 3.17. The number of rotatable bonds is 2. The average Bonchev–Trinajstić information content (AvgIpc) is 2.65. The van der Waals surface area contributed by atoms with Gasteiger partial charge in [0.05, 0.1) is 23.0 Å². The molecule has 1 fully saturated rings. The molecule has 0 aromatic carbocycles. The minimum atomic E-state index is -3.01. The highest BCUT2D eigenvalue weighted by Crippen LogP contribution is 2.23. The van der Waals surface area contributed by atoms with E-state index >= 15 is 0 Å². The number of H-pyrrole nitrogens is 1. The Kier molecular flexibility index (Phi) is 3.75. The molecule has 0 spiro atoms. The van der Waals surface area contributed by atoms with Gasteiger partial charge in [0.2, 0.25) is 0 Å². The average molecular weight is 285 g/mol. The Morgan fingerprint density at radius 2 is 2.16 bits per heavy atom. The molecule has 1 aromatic heterocycles. The first-order valence-corrected chi connectivity index (χ1v) is 8.37. The number of sulfone groups is 1. The predicted octanol–water partition coefficient (Wildman–Crippen LogP) is 1.16. The van der Waals surface area contributed by atoms with Crippen LogP contribution in [-0.4, -0.2) is 52.9 Å². The quantitative estimate of drug-likeness (QED) is 0.885. The maximum absolute atomic E-state index is 12.2. The molecule has 0 bridgehead atoms. The molecular formula is C13H23N3O2S. The Balaban J connectivity index is 2.18. The summed E-state index contributed by atoms with van der Waals surface area (Å²) in [6, 6.07) is 0. The molecule has 2 rings (SSSR count). The van der Waals surface area contributed by atoms with Crippen molar-refractivity contribution in [3.63, 3.8) is 0 Å². The number of nitrogens with zero attached hydrogens (tertiary/aromatic N) is 2. The second kappa shape index (κ2) is 4.90. The minimum Gasteiger partial charge on any atom is -0.348 e. The Morgan fingerprint density at radius 1 is 1.47 bits per heavy atom. The standard InChI is InChI=1S/C13H23N3O2S/c1-10-12(15-9-14-10)7-11-8-16(13(2,3)4)5-6-19(11,17)18/h9,11H,5-8H2,1-4H3,(H,14,15). The fraction of sp³-hybridized carbons (Fsp3) is 0.769. The molecule has 1 saturated heterocycles. The minimum absolute atomic E-state index is 0.00874. The van der Waals surface area contributed by atoms with Crippen LogP contribution in [0.4, 0.5) is 0 Å². The van der Waals surface area contributed by atoms with Crippen molar-refractivity contribution < 1.29 is 8.42 Å². The number of hydrogen-bond acceptors (Lipinski definition) is 4. The van der Waals surface area contributed by atoms with Crippen molar-refractivity contribution in [2.24, 2.45) is 0 Å². The summed E-state index contributed by atoms with van der Waals surface area (Å²) in [7, 11) is -3.01. The number of nitrogens with one attached hydrogen (secondary N) is 1. The number of aryl methyl sites for hydroxylation is 1. The van der Waals surface area contributed by atoms with E-state index in [1.54, 1.807) is 6.33 Å². The Morgan fingerprint density at radius 3 is 2.68 bits per heavy atom. The van der Waals surface area contributed by atoms with Gasteiger partial charge in [0.1, 0.15) is 0 Å². The van der Waals surface area contributed by atoms with Crippen LogP contribution < -0.4 is 0 Å². The van der Waals surface area contributed by atoms with E-state index in [0.717, 1.165) is 11.4 Å². The summed E-state index contributed by atoms with van der Waals surface area (Å²) in [5.74, 6) is 0.248. The highest BCUT2D eigenvalue weighted by molar-refractivity contribution is 7.92. The first-order chi connectivity index (χ1) is 8.70. The van der Waals surface area contributed by atoms with Crippen LogP contribution in [0.2, 0.25) is 0 Å². The summed E-state index contributed by atoms with van der Waals surface area (Å²) in [6.07, 6.45) is 2.13. The first-order valence-electron chi connectivity index (χ1n) is 6.65. The van der Waals surface area contributed by atoms with Crippen molar-refractivity contribution in [1.82, 2.24) is 14.9 Å². The SMILES string of the molecule is Cc1[nH]cnc1CC1CN(C(C)(C)C)CCS1(=O)=O. The molecule has 0 aliphatic carbocycles. The fourth-order valence-electron chi connectivity index (χ4n) is 2.46. The molecule has 1 aliphatic rings. The normalized spacial score (nSPS) is 24.5. The number of aromatic nitrogens is 2. The van der Waals surface area contributed by atoms with Gasteiger partial charge < -0.3 is 4.98 Å². The predicted molar refractivity (Wildman–Crippen MR) is 75.9 cm³/mol. The van der Waals surface area contributed by atoms with Gasteiger partial charge in [-0.1, -0.05) is 0 Å². The van der Waals surface area contributed by atoms with Crippen molar-refractivity contribution in [3.8, 4) is 0 Å². The zero-order chi connectivity index (χ0) is 14.3.